The van der Waals surface area contributed by atoms with Crippen LogP contribution in [0.5, 0.6) is 0 Å². The summed E-state index contributed by atoms with van der Waals surface area (Å²) in [6.45, 7) is 0.779. The summed E-state index contributed by atoms with van der Waals surface area (Å²) in [5.41, 5.74) is 0.714. The number of ketones is 1. The van der Waals surface area contributed by atoms with Crippen molar-refractivity contribution < 1.29 is 9.53 Å². The van der Waals surface area contributed by atoms with Crippen molar-refractivity contribution >= 4 is 17.4 Å². The average molecular weight is 251 g/mol. The van der Waals surface area contributed by atoms with E-state index in [0.717, 1.165) is 25.2 Å². The summed E-state index contributed by atoms with van der Waals surface area (Å²) in [5, 5.41) is 0.653. The van der Waals surface area contributed by atoms with Crippen molar-refractivity contribution in [3.8, 4) is 0 Å². The summed E-state index contributed by atoms with van der Waals surface area (Å²) in [7, 11) is 0. The highest BCUT2D eigenvalue weighted by Crippen LogP contribution is 2.17. The predicted octanol–water partition coefficient (Wildman–Crippen LogP) is 4.00. The minimum absolute atomic E-state index is 0.136. The fourth-order valence-electron chi connectivity index (χ4n) is 1.80. The maximum atomic E-state index is 11.9. The maximum absolute atomic E-state index is 11.9. The number of benzene rings is 1. The Morgan fingerprint density at radius 3 is 2.71 bits per heavy atom. The van der Waals surface area contributed by atoms with Crippen LogP contribution in [-0.4, -0.2) is 12.4 Å². The van der Waals surface area contributed by atoms with Crippen molar-refractivity contribution in [3.05, 3.63) is 46.7 Å². The summed E-state index contributed by atoms with van der Waals surface area (Å²) in [4.78, 5) is 11.9. The van der Waals surface area contributed by atoms with Crippen LogP contribution < -0.4 is 0 Å². The van der Waals surface area contributed by atoms with E-state index in [-0.39, 0.29) is 5.78 Å². The van der Waals surface area contributed by atoms with E-state index in [9.17, 15) is 4.79 Å². The van der Waals surface area contributed by atoms with Crippen LogP contribution in [0.2, 0.25) is 5.02 Å². The molecule has 1 aliphatic heterocycles. The molecule has 2 rings (SSSR count). The number of hydrogen-bond acceptors (Lipinski definition) is 2. The molecule has 0 N–H and O–H groups in total. The lowest BCUT2D eigenvalue weighted by Crippen LogP contribution is -2.04. The molecule has 0 amide bonds. The monoisotopic (exact) mass is 250 g/mol. The molecular weight excluding hydrogens is 236 g/mol. The van der Waals surface area contributed by atoms with E-state index in [0.29, 0.717) is 23.4 Å². The van der Waals surface area contributed by atoms with Gasteiger partial charge in [0.05, 0.1) is 12.4 Å². The lowest BCUT2D eigenvalue weighted by molar-refractivity contribution is 0.0970. The van der Waals surface area contributed by atoms with E-state index < -0.39 is 0 Å². The maximum Gasteiger partial charge on any atom is 0.163 e. The Morgan fingerprint density at radius 2 is 2.06 bits per heavy atom. The highest BCUT2D eigenvalue weighted by Gasteiger charge is 2.09. The first-order valence-corrected chi connectivity index (χ1v) is 6.24. The van der Waals surface area contributed by atoms with Gasteiger partial charge in [0.25, 0.3) is 0 Å². The third-order valence-corrected chi connectivity index (χ3v) is 3.02. The van der Waals surface area contributed by atoms with Gasteiger partial charge in [-0.3, -0.25) is 4.79 Å². The lowest BCUT2D eigenvalue weighted by Gasteiger charge is -2.14. The second kappa shape index (κ2) is 5.87. The van der Waals surface area contributed by atoms with Crippen LogP contribution >= 0.6 is 11.6 Å². The van der Waals surface area contributed by atoms with Gasteiger partial charge >= 0.3 is 0 Å². The first kappa shape index (κ1) is 12.2. The van der Waals surface area contributed by atoms with Crippen LogP contribution in [-0.2, 0) is 4.74 Å². The van der Waals surface area contributed by atoms with Gasteiger partial charge in [-0.05, 0) is 43.2 Å². The minimum atomic E-state index is 0.136. The largest absolute Gasteiger partial charge is 0.498 e. The molecule has 1 aromatic carbocycles. The van der Waals surface area contributed by atoms with E-state index >= 15 is 0 Å². The third kappa shape index (κ3) is 3.60. The molecule has 1 aromatic rings. The Bertz CT molecular complexity index is 420. The standard InChI is InChI=1S/C14H15ClO2/c15-12-6-4-11(5-7-12)14(16)9-8-13-3-1-2-10-17-13/h3-7H,1-2,8-10H2. The van der Waals surface area contributed by atoms with Crippen molar-refractivity contribution in [1.29, 1.82) is 0 Å². The second-order valence-electron chi connectivity index (χ2n) is 4.09. The normalized spacial score (nSPS) is 15.0. The van der Waals surface area contributed by atoms with Crippen LogP contribution in [0.1, 0.15) is 36.0 Å². The highest BCUT2D eigenvalue weighted by atomic mass is 35.5. The first-order valence-electron chi connectivity index (χ1n) is 5.86. The molecular formula is C14H15ClO2. The molecule has 0 atom stereocenters. The minimum Gasteiger partial charge on any atom is -0.498 e. The Balaban J connectivity index is 1.88. The molecule has 0 bridgehead atoms. The van der Waals surface area contributed by atoms with Gasteiger partial charge in [0.2, 0.25) is 0 Å². The zero-order chi connectivity index (χ0) is 12.1. The topological polar surface area (TPSA) is 26.3 Å². The number of hydrogen-bond donors (Lipinski definition) is 0. The molecule has 2 nitrogen and oxygen atoms in total. The predicted molar refractivity (Wildman–Crippen MR) is 68.3 cm³/mol. The molecule has 1 heterocycles. The molecule has 0 fully saturated rings. The molecule has 0 aromatic heterocycles. The Morgan fingerprint density at radius 1 is 1.29 bits per heavy atom. The molecule has 0 radical (unpaired) electrons. The van der Waals surface area contributed by atoms with Gasteiger partial charge in [0, 0.05) is 23.4 Å². The van der Waals surface area contributed by atoms with Gasteiger partial charge in [-0.1, -0.05) is 11.6 Å². The molecule has 90 valence electrons. The summed E-state index contributed by atoms with van der Waals surface area (Å²) in [6, 6.07) is 7.01. The SMILES string of the molecule is O=C(CCC1=CCCCO1)c1ccc(Cl)cc1. The number of ether oxygens (including phenoxy) is 1. The van der Waals surface area contributed by atoms with E-state index in [1.165, 1.54) is 0 Å². The van der Waals surface area contributed by atoms with Crippen LogP contribution in [0.3, 0.4) is 0 Å². The van der Waals surface area contributed by atoms with Crippen LogP contribution in [0.25, 0.3) is 0 Å². The van der Waals surface area contributed by atoms with Crippen molar-refractivity contribution in [1.82, 2.24) is 0 Å². The van der Waals surface area contributed by atoms with E-state index in [4.69, 9.17) is 16.3 Å². The fourth-order valence-corrected chi connectivity index (χ4v) is 1.93. The summed E-state index contributed by atoms with van der Waals surface area (Å²) < 4.78 is 5.47. The number of carbonyl (C=O) groups excluding carboxylic acids is 1. The molecule has 0 aliphatic carbocycles. The Labute approximate surface area is 106 Å². The number of halogens is 1. The van der Waals surface area contributed by atoms with E-state index in [2.05, 4.69) is 6.08 Å². The summed E-state index contributed by atoms with van der Waals surface area (Å²) in [5.74, 6) is 1.09. The molecule has 3 heteroatoms. The highest BCUT2D eigenvalue weighted by molar-refractivity contribution is 6.30. The van der Waals surface area contributed by atoms with Crippen LogP contribution in [0, 0.1) is 0 Å². The van der Waals surface area contributed by atoms with Crippen molar-refractivity contribution in [2.75, 3.05) is 6.61 Å². The van der Waals surface area contributed by atoms with Gasteiger partial charge in [0.15, 0.2) is 5.78 Å². The Hall–Kier alpha value is -1.28. The lowest BCUT2D eigenvalue weighted by atomic mass is 10.1. The number of rotatable bonds is 4. The fraction of sp³-hybridized carbons (Fsp3) is 0.357. The first-order chi connectivity index (χ1) is 8.25. The Kier molecular flexibility index (Phi) is 4.21. The number of carbonyl (C=O) groups is 1. The quantitative estimate of drug-likeness (QED) is 0.755. The van der Waals surface area contributed by atoms with Gasteiger partial charge in [0.1, 0.15) is 0 Å². The molecule has 0 unspecified atom stereocenters. The molecule has 0 saturated heterocycles. The molecule has 0 spiro atoms. The molecule has 0 saturated carbocycles. The summed E-state index contributed by atoms with van der Waals surface area (Å²) >= 11 is 5.77. The van der Waals surface area contributed by atoms with E-state index in [1.807, 2.05) is 0 Å². The molecule has 1 aliphatic rings. The van der Waals surface area contributed by atoms with Crippen molar-refractivity contribution in [2.45, 2.75) is 25.7 Å². The van der Waals surface area contributed by atoms with Crippen LogP contribution in [0.15, 0.2) is 36.1 Å². The van der Waals surface area contributed by atoms with Gasteiger partial charge < -0.3 is 4.74 Å². The van der Waals surface area contributed by atoms with Crippen molar-refractivity contribution in [3.63, 3.8) is 0 Å². The molecule has 17 heavy (non-hydrogen) atoms. The summed E-state index contributed by atoms with van der Waals surface area (Å²) in [6.07, 6.45) is 5.41. The number of allylic oxidation sites excluding steroid dienone is 2. The average Bonchev–Trinajstić information content (AvgIpc) is 2.38. The third-order valence-electron chi connectivity index (χ3n) is 2.77. The van der Waals surface area contributed by atoms with Gasteiger partial charge in [-0.15, -0.1) is 0 Å². The number of Topliss-reactive ketones (excluding diaryl/α,β-unsaturated/α-hetero) is 1. The van der Waals surface area contributed by atoms with Crippen LogP contribution in [0.4, 0.5) is 0 Å². The van der Waals surface area contributed by atoms with Gasteiger partial charge in [-0.25, -0.2) is 0 Å². The zero-order valence-electron chi connectivity index (χ0n) is 9.62. The van der Waals surface area contributed by atoms with Crippen molar-refractivity contribution in [2.24, 2.45) is 0 Å². The smallest absolute Gasteiger partial charge is 0.163 e. The zero-order valence-corrected chi connectivity index (χ0v) is 10.4. The second-order valence-corrected chi connectivity index (χ2v) is 4.53. The van der Waals surface area contributed by atoms with Gasteiger partial charge in [-0.2, -0.15) is 0 Å². The van der Waals surface area contributed by atoms with E-state index in [1.54, 1.807) is 24.3 Å².